The smallest absolute Gasteiger partial charge is 0.222 e. The van der Waals surface area contributed by atoms with E-state index in [2.05, 4.69) is 9.80 Å². The molecule has 0 aliphatic carbocycles. The molecule has 0 aromatic heterocycles. The molecule has 2 fully saturated rings. The summed E-state index contributed by atoms with van der Waals surface area (Å²) in [5, 5.41) is 0. The van der Waals surface area contributed by atoms with E-state index in [-0.39, 0.29) is 11.7 Å². The van der Waals surface area contributed by atoms with Crippen LogP contribution in [0.5, 0.6) is 5.75 Å². The van der Waals surface area contributed by atoms with Crippen molar-refractivity contribution in [2.24, 2.45) is 0 Å². The molecule has 0 unspecified atom stereocenters. The number of hydrogen-bond acceptors (Lipinski definition) is 3. The fraction of sp³-hybridized carbons (Fsp3) is 0.632. The third-order valence-corrected chi connectivity index (χ3v) is 5.25. The molecule has 1 amide bonds. The number of nitrogens with zero attached hydrogens (tertiary/aromatic N) is 2. The Morgan fingerprint density at radius 2 is 1.96 bits per heavy atom. The van der Waals surface area contributed by atoms with Gasteiger partial charge in [-0.1, -0.05) is 19.1 Å². The van der Waals surface area contributed by atoms with Crippen LogP contribution in [0.4, 0.5) is 4.39 Å². The largest absolute Gasteiger partial charge is 0.489 e. The second kappa shape index (κ2) is 7.97. The van der Waals surface area contributed by atoms with E-state index in [0.717, 1.165) is 45.3 Å². The molecule has 24 heavy (non-hydrogen) atoms. The van der Waals surface area contributed by atoms with Crippen molar-refractivity contribution in [2.75, 3.05) is 26.2 Å². The number of halogens is 1. The monoisotopic (exact) mass is 334 g/mol. The highest BCUT2D eigenvalue weighted by Crippen LogP contribution is 2.30. The lowest BCUT2D eigenvalue weighted by molar-refractivity contribution is -0.132. The molecule has 0 bridgehead atoms. The zero-order valence-electron chi connectivity index (χ0n) is 14.4. The fourth-order valence-electron chi connectivity index (χ4n) is 4.11. The van der Waals surface area contributed by atoms with Crippen LogP contribution in [-0.4, -0.2) is 54.0 Å². The summed E-state index contributed by atoms with van der Waals surface area (Å²) in [6.07, 6.45) is 5.08. The van der Waals surface area contributed by atoms with Gasteiger partial charge in [0.15, 0.2) is 11.6 Å². The number of ether oxygens (including phenoxy) is 1. The normalized spacial score (nSPS) is 24.5. The Kier molecular flexibility index (Phi) is 5.72. The molecule has 0 radical (unpaired) electrons. The zero-order valence-corrected chi connectivity index (χ0v) is 14.4. The molecule has 0 saturated carbocycles. The van der Waals surface area contributed by atoms with Crippen LogP contribution < -0.4 is 4.74 Å². The number of hydrogen-bond donors (Lipinski definition) is 0. The van der Waals surface area contributed by atoms with Crippen molar-refractivity contribution in [1.82, 2.24) is 9.80 Å². The Morgan fingerprint density at radius 1 is 1.21 bits per heavy atom. The van der Waals surface area contributed by atoms with Crippen LogP contribution in [0.2, 0.25) is 0 Å². The number of carbonyl (C=O) groups excluding carboxylic acids is 1. The van der Waals surface area contributed by atoms with Crippen molar-refractivity contribution in [1.29, 1.82) is 0 Å². The van der Waals surface area contributed by atoms with Gasteiger partial charge in [-0.05, 0) is 44.4 Å². The number of para-hydroxylation sites is 1. The van der Waals surface area contributed by atoms with Crippen LogP contribution in [0.25, 0.3) is 0 Å². The Bertz CT molecular complexity index is 566. The van der Waals surface area contributed by atoms with Crippen molar-refractivity contribution in [3.8, 4) is 5.75 Å². The maximum absolute atomic E-state index is 13.6. The van der Waals surface area contributed by atoms with E-state index in [1.165, 1.54) is 6.07 Å². The molecule has 0 N–H and O–H groups in total. The van der Waals surface area contributed by atoms with Gasteiger partial charge in [-0.2, -0.15) is 0 Å². The minimum atomic E-state index is -0.314. The first-order chi connectivity index (χ1) is 11.7. The van der Waals surface area contributed by atoms with Crippen LogP contribution in [0, 0.1) is 5.82 Å². The van der Waals surface area contributed by atoms with Gasteiger partial charge in [0.05, 0.1) is 0 Å². The van der Waals surface area contributed by atoms with Crippen molar-refractivity contribution in [2.45, 2.75) is 51.1 Å². The van der Waals surface area contributed by atoms with Crippen molar-refractivity contribution in [3.05, 3.63) is 30.1 Å². The summed E-state index contributed by atoms with van der Waals surface area (Å²) in [6, 6.07) is 7.29. The summed E-state index contributed by atoms with van der Waals surface area (Å²) in [4.78, 5) is 16.7. The Hall–Kier alpha value is -1.62. The Labute approximate surface area is 143 Å². The van der Waals surface area contributed by atoms with E-state index in [4.69, 9.17) is 4.74 Å². The standard InChI is InChI=1S/C19H27FN2O2/c1-2-19(23)22-12-6-9-17(22)16-8-5-11-21(16)13-14-24-18-10-4-3-7-15(18)20/h3-4,7,10,16-17H,2,5-6,8-9,11-14H2,1H3/t16-,17-/m1/s1. The molecule has 1 aromatic rings. The summed E-state index contributed by atoms with van der Waals surface area (Å²) in [6.45, 7) is 5.13. The van der Waals surface area contributed by atoms with Crippen LogP contribution in [0.3, 0.4) is 0 Å². The van der Waals surface area contributed by atoms with Crippen molar-refractivity contribution in [3.63, 3.8) is 0 Å². The van der Waals surface area contributed by atoms with Crippen molar-refractivity contribution < 1.29 is 13.9 Å². The molecule has 3 rings (SSSR count). The number of benzene rings is 1. The molecule has 132 valence electrons. The SMILES string of the molecule is CCC(=O)N1CCC[C@@H]1[C@H]1CCCN1CCOc1ccccc1F. The molecule has 2 heterocycles. The molecule has 4 nitrogen and oxygen atoms in total. The highest BCUT2D eigenvalue weighted by Gasteiger charge is 2.38. The van der Waals surface area contributed by atoms with Crippen LogP contribution in [0.15, 0.2) is 24.3 Å². The van der Waals surface area contributed by atoms with Gasteiger partial charge in [0.2, 0.25) is 5.91 Å². The van der Waals surface area contributed by atoms with Gasteiger partial charge >= 0.3 is 0 Å². The topological polar surface area (TPSA) is 32.8 Å². The first-order valence-electron chi connectivity index (χ1n) is 9.11. The minimum absolute atomic E-state index is 0.270. The third kappa shape index (κ3) is 3.72. The first kappa shape index (κ1) is 17.2. The van der Waals surface area contributed by atoms with E-state index >= 15 is 0 Å². The van der Waals surface area contributed by atoms with Crippen LogP contribution in [0.1, 0.15) is 39.0 Å². The average Bonchev–Trinajstić information content (AvgIpc) is 3.24. The summed E-state index contributed by atoms with van der Waals surface area (Å²) in [5.74, 6) is 0.273. The highest BCUT2D eigenvalue weighted by atomic mass is 19.1. The van der Waals surface area contributed by atoms with Gasteiger partial charge in [-0.15, -0.1) is 0 Å². The number of amides is 1. The molecule has 1 aromatic carbocycles. The number of rotatable bonds is 6. The molecule has 5 heteroatoms. The lowest BCUT2D eigenvalue weighted by Crippen LogP contribution is -2.49. The summed E-state index contributed by atoms with van der Waals surface area (Å²) < 4.78 is 19.2. The van der Waals surface area contributed by atoms with Gasteiger partial charge in [-0.3, -0.25) is 9.69 Å². The van der Waals surface area contributed by atoms with Gasteiger partial charge in [0.25, 0.3) is 0 Å². The second-order valence-electron chi connectivity index (χ2n) is 6.67. The zero-order chi connectivity index (χ0) is 16.9. The number of likely N-dealkylation sites (tertiary alicyclic amines) is 2. The molecular formula is C19H27FN2O2. The minimum Gasteiger partial charge on any atom is -0.489 e. The molecule has 2 aliphatic rings. The Balaban J connectivity index is 1.55. The summed E-state index contributed by atoms with van der Waals surface area (Å²) in [5.41, 5.74) is 0. The van der Waals surface area contributed by atoms with E-state index in [0.29, 0.717) is 30.9 Å². The third-order valence-electron chi connectivity index (χ3n) is 5.25. The lowest BCUT2D eigenvalue weighted by atomic mass is 10.0. The lowest BCUT2D eigenvalue weighted by Gasteiger charge is -2.35. The van der Waals surface area contributed by atoms with E-state index in [1.807, 2.05) is 6.92 Å². The summed E-state index contributed by atoms with van der Waals surface area (Å²) in [7, 11) is 0. The van der Waals surface area contributed by atoms with Gasteiger partial charge < -0.3 is 9.64 Å². The van der Waals surface area contributed by atoms with Gasteiger partial charge in [0.1, 0.15) is 6.61 Å². The predicted octanol–water partition coefficient (Wildman–Crippen LogP) is 3.07. The molecule has 0 spiro atoms. The first-order valence-corrected chi connectivity index (χ1v) is 9.11. The van der Waals surface area contributed by atoms with Crippen LogP contribution >= 0.6 is 0 Å². The van der Waals surface area contributed by atoms with Crippen molar-refractivity contribution >= 4 is 5.91 Å². The molecule has 2 atom stereocenters. The van der Waals surface area contributed by atoms with Crippen LogP contribution in [-0.2, 0) is 4.79 Å². The number of carbonyl (C=O) groups is 1. The van der Waals surface area contributed by atoms with E-state index < -0.39 is 0 Å². The van der Waals surface area contributed by atoms with Gasteiger partial charge in [0, 0.05) is 31.6 Å². The Morgan fingerprint density at radius 3 is 2.75 bits per heavy atom. The summed E-state index contributed by atoms with van der Waals surface area (Å²) >= 11 is 0. The maximum atomic E-state index is 13.6. The molecular weight excluding hydrogens is 307 g/mol. The predicted molar refractivity (Wildman–Crippen MR) is 91.5 cm³/mol. The average molecular weight is 334 g/mol. The molecule has 2 aliphatic heterocycles. The molecule has 2 saturated heterocycles. The van der Waals surface area contributed by atoms with E-state index in [9.17, 15) is 9.18 Å². The maximum Gasteiger partial charge on any atom is 0.222 e. The second-order valence-corrected chi connectivity index (χ2v) is 6.67. The van der Waals surface area contributed by atoms with E-state index in [1.54, 1.807) is 18.2 Å². The van der Waals surface area contributed by atoms with Gasteiger partial charge in [-0.25, -0.2) is 4.39 Å². The highest BCUT2D eigenvalue weighted by molar-refractivity contribution is 5.76. The quantitative estimate of drug-likeness (QED) is 0.801. The fourth-order valence-corrected chi connectivity index (χ4v) is 4.11.